The quantitative estimate of drug-likeness (QED) is 0.152. The summed E-state index contributed by atoms with van der Waals surface area (Å²) in [5.74, 6) is 2.32. The Morgan fingerprint density at radius 1 is 0.459 bits per heavy atom. The molecule has 0 aliphatic rings. The molecule has 0 spiro atoms. The summed E-state index contributed by atoms with van der Waals surface area (Å²) in [6.45, 7) is 2.12. The molecule has 0 unspecified atom stereocenters. The van der Waals surface area contributed by atoms with E-state index in [0.717, 1.165) is 104 Å². The van der Waals surface area contributed by atoms with Crippen molar-refractivity contribution in [3.63, 3.8) is 0 Å². The van der Waals surface area contributed by atoms with Gasteiger partial charge in [0.25, 0.3) is 0 Å². The maximum atomic E-state index is 6.77. The third-order valence-electron chi connectivity index (χ3n) is 11.4. The number of benzene rings is 7. The van der Waals surface area contributed by atoms with E-state index < -0.39 is 0 Å². The Morgan fingerprint density at radius 2 is 1.08 bits per heavy atom. The number of fused-ring (bicyclic) bond motifs is 4. The summed E-state index contributed by atoms with van der Waals surface area (Å²) >= 11 is 2.49. The van der Waals surface area contributed by atoms with Crippen LogP contribution in [0.1, 0.15) is 5.56 Å². The first-order valence-electron chi connectivity index (χ1n) is 20.2. The number of para-hydroxylation sites is 4. The number of ether oxygens (including phenoxy) is 1. The van der Waals surface area contributed by atoms with E-state index in [9.17, 15) is 0 Å². The van der Waals surface area contributed by atoms with Crippen LogP contribution in [-0.4, -0.2) is 23.7 Å². The van der Waals surface area contributed by atoms with Gasteiger partial charge in [0.15, 0.2) is 0 Å². The molecule has 6 nitrogen and oxygen atoms in total. The fourth-order valence-electron chi connectivity index (χ4n) is 8.59. The SMILES string of the molecule is Cc1cc(-n2c3ccccc3c3ccc(Oc4cccc(-n5[c](=[Pt])n(-c6c(-c7ccccc7)cccc6-c6ccccc6)c6ccccc65)c4)cc32)ncc1-c1ccccn1. The molecule has 0 aliphatic heterocycles. The van der Waals surface area contributed by atoms with Crippen LogP contribution in [0.2, 0.25) is 0 Å². The summed E-state index contributed by atoms with van der Waals surface area (Å²) in [6.07, 6.45) is 3.75. The number of pyridine rings is 2. The first kappa shape index (κ1) is 36.7. The van der Waals surface area contributed by atoms with Gasteiger partial charge in [-0.2, -0.15) is 0 Å². The summed E-state index contributed by atoms with van der Waals surface area (Å²) in [4.78, 5) is 9.57. The number of rotatable bonds is 8. The van der Waals surface area contributed by atoms with E-state index in [4.69, 9.17) is 9.72 Å². The van der Waals surface area contributed by atoms with Gasteiger partial charge in [0.1, 0.15) is 0 Å². The van der Waals surface area contributed by atoms with Gasteiger partial charge >= 0.3 is 294 Å². The second kappa shape index (κ2) is 15.3. The standard InChI is InChI=1S/C54H37N5O.Pt/c1-37-32-53(56-35-47(37)48-25-12-13-31-55-48)59-49-26-9-8-22-45(49)46-30-29-42(34-52(46)59)60-41-21-14-20-40(33-41)57-36-58(51-28-11-10-27-50(51)57)54-43(38-16-4-2-5-17-38)23-15-24-44(54)39-18-6-3-7-19-39;/h2-35H,1H3;. The fraction of sp³-hybridized carbons (Fsp3) is 0.0185. The zero-order valence-corrected chi connectivity index (χ0v) is 35.4. The van der Waals surface area contributed by atoms with Gasteiger partial charge in [0.05, 0.1) is 5.69 Å². The summed E-state index contributed by atoms with van der Waals surface area (Å²) in [5.41, 5.74) is 14.1. The van der Waals surface area contributed by atoms with Crippen molar-refractivity contribution in [1.29, 1.82) is 0 Å². The van der Waals surface area contributed by atoms with Crippen molar-refractivity contribution in [3.8, 4) is 62.2 Å². The average molecular weight is 967 g/mol. The van der Waals surface area contributed by atoms with Gasteiger partial charge < -0.3 is 0 Å². The molecule has 11 rings (SSSR count). The molecule has 0 radical (unpaired) electrons. The molecule has 0 amide bonds. The Morgan fingerprint density at radius 3 is 1.79 bits per heavy atom. The second-order valence-electron chi connectivity index (χ2n) is 15.0. The molecule has 7 aromatic carbocycles. The molecule has 0 saturated heterocycles. The van der Waals surface area contributed by atoms with E-state index in [0.29, 0.717) is 0 Å². The van der Waals surface area contributed by atoms with Gasteiger partial charge in [0, 0.05) is 18.0 Å². The molecule has 7 heteroatoms. The molecule has 0 fully saturated rings. The van der Waals surface area contributed by atoms with E-state index >= 15 is 0 Å². The third-order valence-corrected chi connectivity index (χ3v) is 12.4. The second-order valence-corrected chi connectivity index (χ2v) is 16.1. The number of aryl methyl sites for hydroxylation is 1. The minimum Gasteiger partial charge on any atom is -0.256 e. The van der Waals surface area contributed by atoms with Crippen molar-refractivity contribution in [2.75, 3.05) is 0 Å². The predicted octanol–water partition coefficient (Wildman–Crippen LogP) is 13.5. The number of nitrogens with zero attached hydrogens (tertiary/aromatic N) is 5. The molecule has 61 heavy (non-hydrogen) atoms. The smallest absolute Gasteiger partial charge is 0.256 e. The van der Waals surface area contributed by atoms with E-state index in [2.05, 4.69) is 215 Å². The summed E-state index contributed by atoms with van der Waals surface area (Å²) in [7, 11) is 0. The minimum absolute atomic E-state index is 0.738. The fourth-order valence-corrected chi connectivity index (χ4v) is 9.69. The number of hydrogen-bond donors (Lipinski definition) is 0. The van der Waals surface area contributed by atoms with Gasteiger partial charge in [-0.3, -0.25) is 4.98 Å². The normalized spacial score (nSPS) is 11.5. The monoisotopic (exact) mass is 966 g/mol. The van der Waals surface area contributed by atoms with Crippen LogP contribution < -0.4 is 4.74 Å². The van der Waals surface area contributed by atoms with Gasteiger partial charge in [-0.15, -0.1) is 0 Å². The summed E-state index contributed by atoms with van der Waals surface area (Å²) < 4.78 is 14.8. The third kappa shape index (κ3) is 6.44. The van der Waals surface area contributed by atoms with Gasteiger partial charge in [-0.25, -0.2) is 0 Å². The molecule has 4 heterocycles. The number of hydrogen-bond acceptors (Lipinski definition) is 3. The first-order chi connectivity index (χ1) is 30.1. The van der Waals surface area contributed by atoms with Crippen LogP contribution in [0.3, 0.4) is 0 Å². The Balaban J connectivity index is 1.02. The van der Waals surface area contributed by atoms with Gasteiger partial charge in [-0.1, -0.05) is 18.2 Å². The first-order valence-corrected chi connectivity index (χ1v) is 21.4. The van der Waals surface area contributed by atoms with E-state index in [1.54, 1.807) is 0 Å². The number of imidazole rings is 1. The molecular formula is C54H37N5OPt. The molecular weight excluding hydrogens is 930 g/mol. The van der Waals surface area contributed by atoms with Crippen molar-refractivity contribution in [2.24, 2.45) is 0 Å². The van der Waals surface area contributed by atoms with Crippen molar-refractivity contribution in [3.05, 3.63) is 216 Å². The molecule has 0 saturated carbocycles. The molecule has 0 N–H and O–H groups in total. The Labute approximate surface area is 363 Å². The van der Waals surface area contributed by atoms with E-state index in [-0.39, 0.29) is 0 Å². The molecule has 0 bridgehead atoms. The topological polar surface area (TPSA) is 49.8 Å². The van der Waals surface area contributed by atoms with Crippen LogP contribution in [0.5, 0.6) is 11.5 Å². The van der Waals surface area contributed by atoms with E-state index in [1.165, 1.54) is 0 Å². The minimum atomic E-state index is 0.738. The summed E-state index contributed by atoms with van der Waals surface area (Å²) in [5, 5.41) is 2.29. The van der Waals surface area contributed by atoms with Crippen molar-refractivity contribution < 1.29 is 24.1 Å². The van der Waals surface area contributed by atoms with Crippen LogP contribution in [-0.2, 0) is 19.4 Å². The van der Waals surface area contributed by atoms with Gasteiger partial charge in [-0.05, 0) is 24.6 Å². The van der Waals surface area contributed by atoms with Crippen LogP contribution in [0.25, 0.3) is 83.5 Å². The molecule has 0 aliphatic carbocycles. The Hall–Kier alpha value is -7.40. The van der Waals surface area contributed by atoms with Crippen molar-refractivity contribution >= 4 is 32.8 Å². The predicted molar refractivity (Wildman–Crippen MR) is 243 cm³/mol. The van der Waals surface area contributed by atoms with E-state index in [1.807, 2.05) is 36.7 Å². The Kier molecular flexibility index (Phi) is 9.21. The van der Waals surface area contributed by atoms with Crippen molar-refractivity contribution in [1.82, 2.24) is 23.7 Å². The zero-order valence-electron chi connectivity index (χ0n) is 33.1. The number of aromatic nitrogens is 5. The molecule has 294 valence electrons. The van der Waals surface area contributed by atoms with Gasteiger partial charge in [0.2, 0.25) is 0 Å². The van der Waals surface area contributed by atoms with Crippen LogP contribution in [0.15, 0.2) is 207 Å². The van der Waals surface area contributed by atoms with Crippen LogP contribution >= 0.6 is 0 Å². The van der Waals surface area contributed by atoms with Crippen LogP contribution in [0, 0.1) is 10.7 Å². The molecule has 4 aromatic heterocycles. The molecule has 0 atom stereocenters. The average Bonchev–Trinajstić information content (AvgIpc) is 3.80. The zero-order chi connectivity index (χ0) is 40.9. The van der Waals surface area contributed by atoms with Crippen molar-refractivity contribution in [2.45, 2.75) is 6.92 Å². The molecule has 11 aromatic rings. The summed E-state index contributed by atoms with van der Waals surface area (Å²) in [6, 6.07) is 67.9. The van der Waals surface area contributed by atoms with Crippen LogP contribution in [0.4, 0.5) is 0 Å². The Bertz CT molecular complexity index is 3420. The maximum absolute atomic E-state index is 6.77.